The largest absolute Gasteiger partial charge is 0.379 e. The fourth-order valence-electron chi connectivity index (χ4n) is 4.77. The molecule has 8 nitrogen and oxygen atoms in total. The Balaban J connectivity index is 1.28. The number of morpholine rings is 1. The van der Waals surface area contributed by atoms with Gasteiger partial charge in [-0.15, -0.1) is 0 Å². The van der Waals surface area contributed by atoms with Gasteiger partial charge in [0.05, 0.1) is 18.7 Å². The predicted octanol–water partition coefficient (Wildman–Crippen LogP) is 2.45. The molecular formula is C23H33N7O. The smallest absolute Gasteiger partial charge is 0.222 e. The van der Waals surface area contributed by atoms with Crippen molar-refractivity contribution >= 4 is 28.2 Å². The van der Waals surface area contributed by atoms with Gasteiger partial charge in [0.15, 0.2) is 0 Å². The number of ether oxygens (including phenoxy) is 1. The molecule has 2 aliphatic heterocycles. The van der Waals surface area contributed by atoms with Crippen LogP contribution in [0.15, 0.2) is 24.4 Å². The van der Waals surface area contributed by atoms with Crippen molar-refractivity contribution in [2.24, 2.45) is 0 Å². The number of hydrogen-bond acceptors (Lipinski definition) is 8. The number of benzene rings is 1. The zero-order chi connectivity index (χ0) is 21.0. The van der Waals surface area contributed by atoms with Gasteiger partial charge in [0, 0.05) is 50.4 Å². The first-order valence-electron chi connectivity index (χ1n) is 11.6. The van der Waals surface area contributed by atoms with Crippen LogP contribution in [-0.4, -0.2) is 71.9 Å². The Morgan fingerprint density at radius 1 is 1.10 bits per heavy atom. The minimum absolute atomic E-state index is 0.328. The lowest BCUT2D eigenvalue weighted by molar-refractivity contribution is 0.0327. The van der Waals surface area contributed by atoms with Crippen molar-refractivity contribution in [3.63, 3.8) is 0 Å². The molecule has 0 bridgehead atoms. The van der Waals surface area contributed by atoms with Crippen LogP contribution in [-0.2, 0) is 4.74 Å². The van der Waals surface area contributed by atoms with E-state index in [4.69, 9.17) is 10.5 Å². The van der Waals surface area contributed by atoms with Gasteiger partial charge in [-0.05, 0) is 36.1 Å². The summed E-state index contributed by atoms with van der Waals surface area (Å²) >= 11 is 0. The summed E-state index contributed by atoms with van der Waals surface area (Å²) in [5.74, 6) is 1.20. The highest BCUT2D eigenvalue weighted by Crippen LogP contribution is 2.29. The van der Waals surface area contributed by atoms with E-state index in [0.29, 0.717) is 12.0 Å². The molecule has 4 N–H and O–H groups in total. The van der Waals surface area contributed by atoms with Crippen molar-refractivity contribution in [2.75, 3.05) is 57.0 Å². The van der Waals surface area contributed by atoms with Gasteiger partial charge in [-0.25, -0.2) is 9.99 Å². The maximum Gasteiger partial charge on any atom is 0.222 e. The van der Waals surface area contributed by atoms with E-state index in [1.165, 1.54) is 43.2 Å². The molecule has 3 aliphatic rings. The molecule has 2 fully saturated rings. The third-order valence-electron chi connectivity index (χ3n) is 6.60. The van der Waals surface area contributed by atoms with E-state index in [1.807, 2.05) is 0 Å². The highest BCUT2D eigenvalue weighted by Gasteiger charge is 2.20. The van der Waals surface area contributed by atoms with E-state index in [2.05, 4.69) is 55.0 Å². The third-order valence-corrected chi connectivity index (χ3v) is 6.60. The Bertz CT molecular complexity index is 935. The molecule has 8 heteroatoms. The van der Waals surface area contributed by atoms with E-state index in [9.17, 15) is 0 Å². The molecule has 2 aromatic rings. The van der Waals surface area contributed by atoms with Gasteiger partial charge < -0.3 is 21.2 Å². The Morgan fingerprint density at radius 3 is 2.77 bits per heavy atom. The quantitative estimate of drug-likeness (QED) is 0.653. The van der Waals surface area contributed by atoms with Crippen molar-refractivity contribution < 1.29 is 4.74 Å². The van der Waals surface area contributed by atoms with Crippen molar-refractivity contribution in [3.05, 3.63) is 30.0 Å². The predicted molar refractivity (Wildman–Crippen MR) is 124 cm³/mol. The van der Waals surface area contributed by atoms with Gasteiger partial charge >= 0.3 is 0 Å². The zero-order valence-electron chi connectivity index (χ0n) is 18.1. The van der Waals surface area contributed by atoms with E-state index >= 15 is 0 Å². The number of hydrazine groups is 1. The minimum Gasteiger partial charge on any atom is -0.379 e. The van der Waals surface area contributed by atoms with E-state index in [0.717, 1.165) is 62.7 Å². The minimum atomic E-state index is 0.328. The normalized spacial score (nSPS) is 21.2. The van der Waals surface area contributed by atoms with Crippen LogP contribution in [0.1, 0.15) is 37.7 Å². The Kier molecular flexibility index (Phi) is 6.20. The molecule has 31 heavy (non-hydrogen) atoms. The molecule has 0 unspecified atom stereocenters. The summed E-state index contributed by atoms with van der Waals surface area (Å²) in [6, 6.07) is 6.88. The van der Waals surface area contributed by atoms with E-state index < -0.39 is 0 Å². The van der Waals surface area contributed by atoms with Gasteiger partial charge in [0.2, 0.25) is 5.95 Å². The molecule has 1 saturated carbocycles. The number of hydrogen-bond donors (Lipinski definition) is 3. The summed E-state index contributed by atoms with van der Waals surface area (Å²) in [5, 5.41) is 6.98. The number of nitrogens with two attached hydrogens (primary N) is 1. The number of nitrogens with one attached hydrogen (secondary N) is 2. The lowest BCUT2D eigenvalue weighted by atomic mass is 9.95. The van der Waals surface area contributed by atoms with Crippen LogP contribution >= 0.6 is 0 Å². The van der Waals surface area contributed by atoms with Gasteiger partial charge in [0.1, 0.15) is 5.82 Å². The molecule has 1 aliphatic carbocycles. The average molecular weight is 424 g/mol. The van der Waals surface area contributed by atoms with Crippen LogP contribution in [0.3, 0.4) is 0 Å². The van der Waals surface area contributed by atoms with Crippen molar-refractivity contribution in [3.8, 4) is 0 Å². The molecule has 0 amide bonds. The van der Waals surface area contributed by atoms with Crippen molar-refractivity contribution in [2.45, 2.75) is 38.1 Å². The summed E-state index contributed by atoms with van der Waals surface area (Å²) < 4.78 is 5.44. The topological polar surface area (TPSA) is 91.6 Å². The molecule has 1 aromatic heterocycles. The first-order chi connectivity index (χ1) is 15.2. The van der Waals surface area contributed by atoms with E-state index in [-0.39, 0.29) is 0 Å². The number of fused-ring (bicyclic) bond motifs is 1. The third kappa shape index (κ3) is 4.92. The molecule has 5 rings (SSSR count). The molecule has 0 radical (unpaired) electrons. The maximum absolute atomic E-state index is 6.00. The second-order valence-electron chi connectivity index (χ2n) is 8.82. The van der Waals surface area contributed by atoms with Crippen LogP contribution in [0.5, 0.6) is 0 Å². The summed E-state index contributed by atoms with van der Waals surface area (Å²) in [5.41, 5.74) is 12.8. The van der Waals surface area contributed by atoms with Gasteiger partial charge in [0.25, 0.3) is 0 Å². The van der Waals surface area contributed by atoms with Crippen LogP contribution < -0.4 is 16.5 Å². The fourth-order valence-corrected chi connectivity index (χ4v) is 4.77. The molecule has 1 aromatic carbocycles. The summed E-state index contributed by atoms with van der Waals surface area (Å²) in [7, 11) is 0. The molecule has 166 valence electrons. The van der Waals surface area contributed by atoms with Crippen LogP contribution in [0, 0.1) is 0 Å². The number of aromatic nitrogens is 2. The first-order valence-corrected chi connectivity index (χ1v) is 11.6. The number of rotatable bonds is 6. The SMILES string of the molecule is Nc1nc(NC2CCCCC2)c2cc(C3=CNN(CCN4CCOCC4)C3)ccc2n1. The number of anilines is 2. The second kappa shape index (κ2) is 9.38. The summed E-state index contributed by atoms with van der Waals surface area (Å²) in [6.07, 6.45) is 8.39. The van der Waals surface area contributed by atoms with Gasteiger partial charge in [-0.1, -0.05) is 25.3 Å². The van der Waals surface area contributed by atoms with Crippen molar-refractivity contribution in [1.82, 2.24) is 25.3 Å². The number of nitrogens with zero attached hydrogens (tertiary/aromatic N) is 4. The van der Waals surface area contributed by atoms with Crippen LogP contribution in [0.25, 0.3) is 16.5 Å². The lowest BCUT2D eigenvalue weighted by Gasteiger charge is -2.28. The zero-order valence-corrected chi connectivity index (χ0v) is 18.1. The molecule has 0 atom stereocenters. The average Bonchev–Trinajstić information content (AvgIpc) is 3.28. The Morgan fingerprint density at radius 2 is 1.94 bits per heavy atom. The molecule has 1 saturated heterocycles. The highest BCUT2D eigenvalue weighted by molar-refractivity contribution is 5.92. The highest BCUT2D eigenvalue weighted by atomic mass is 16.5. The summed E-state index contributed by atoms with van der Waals surface area (Å²) in [4.78, 5) is 11.5. The van der Waals surface area contributed by atoms with Crippen LogP contribution in [0.2, 0.25) is 0 Å². The maximum atomic E-state index is 6.00. The summed E-state index contributed by atoms with van der Waals surface area (Å²) in [6.45, 7) is 6.67. The van der Waals surface area contributed by atoms with Gasteiger partial charge in [-0.3, -0.25) is 4.90 Å². The Hall–Kier alpha value is -2.42. The number of nitrogen functional groups attached to an aromatic ring is 1. The first kappa shape index (κ1) is 20.5. The van der Waals surface area contributed by atoms with Crippen molar-refractivity contribution in [1.29, 1.82) is 0 Å². The molecule has 3 heterocycles. The standard InChI is InChI=1S/C23H33N7O/c24-23-27-21-7-6-17(14-20(21)22(28-23)26-19-4-2-1-3-5-19)18-15-25-30(16-18)9-8-29-10-12-31-13-11-29/h6-7,14-15,19,25H,1-5,8-13,16H2,(H3,24,26,27,28). The molecular weight excluding hydrogens is 390 g/mol. The fraction of sp³-hybridized carbons (Fsp3) is 0.565. The molecule has 0 spiro atoms. The second-order valence-corrected chi connectivity index (χ2v) is 8.82. The lowest BCUT2D eigenvalue weighted by Crippen LogP contribution is -2.43. The van der Waals surface area contributed by atoms with Crippen LogP contribution in [0.4, 0.5) is 11.8 Å². The van der Waals surface area contributed by atoms with Gasteiger partial charge in [-0.2, -0.15) is 4.98 Å². The van der Waals surface area contributed by atoms with E-state index in [1.54, 1.807) is 0 Å². The monoisotopic (exact) mass is 423 g/mol. The Labute approximate surface area is 183 Å².